The number of likely N-dealkylation sites (N-methyl/N-ethyl adjacent to an activating group) is 1. The van der Waals surface area contributed by atoms with Crippen LogP contribution in [0.4, 0.5) is 8.78 Å². The third kappa shape index (κ3) is 3.39. The number of halogens is 2. The minimum atomic E-state index is -0.870. The van der Waals surface area contributed by atoms with Gasteiger partial charge < -0.3 is 5.32 Å². The Labute approximate surface area is 132 Å². The third-order valence-electron chi connectivity index (χ3n) is 4.19. The number of aromatic nitrogens is 2. The zero-order valence-electron chi connectivity index (χ0n) is 12.7. The van der Waals surface area contributed by atoms with Crippen molar-refractivity contribution in [2.75, 3.05) is 13.6 Å². The first-order valence-corrected chi connectivity index (χ1v) is 7.47. The van der Waals surface area contributed by atoms with Gasteiger partial charge in [0, 0.05) is 24.5 Å². The summed E-state index contributed by atoms with van der Waals surface area (Å²) in [6.45, 7) is 0.776. The SMILES string of the molecule is CN1CC[C@@H](NC(=O)Cc2ccn[nH]2)[C@@H]1c1ccc(F)c(F)c1. The van der Waals surface area contributed by atoms with E-state index in [0.29, 0.717) is 5.56 Å². The van der Waals surface area contributed by atoms with Crippen LogP contribution >= 0.6 is 0 Å². The first-order valence-electron chi connectivity index (χ1n) is 7.47. The minimum Gasteiger partial charge on any atom is -0.351 e. The normalized spacial score (nSPS) is 21.5. The van der Waals surface area contributed by atoms with Gasteiger partial charge in [0.25, 0.3) is 0 Å². The highest BCUT2D eigenvalue weighted by Gasteiger charge is 2.34. The lowest BCUT2D eigenvalue weighted by Gasteiger charge is -2.26. The summed E-state index contributed by atoms with van der Waals surface area (Å²) in [7, 11) is 1.91. The van der Waals surface area contributed by atoms with Crippen molar-refractivity contribution in [2.24, 2.45) is 0 Å². The van der Waals surface area contributed by atoms with Crippen LogP contribution in [-0.4, -0.2) is 40.6 Å². The van der Waals surface area contributed by atoms with Crippen LogP contribution in [-0.2, 0) is 11.2 Å². The lowest BCUT2D eigenvalue weighted by atomic mass is 9.99. The van der Waals surface area contributed by atoms with Gasteiger partial charge in [-0.1, -0.05) is 6.07 Å². The van der Waals surface area contributed by atoms with Crippen molar-refractivity contribution in [1.82, 2.24) is 20.4 Å². The Hall–Kier alpha value is -2.28. The smallest absolute Gasteiger partial charge is 0.226 e. The van der Waals surface area contributed by atoms with Crippen LogP contribution in [0, 0.1) is 11.6 Å². The molecule has 2 atom stereocenters. The van der Waals surface area contributed by atoms with Crippen LogP contribution in [0.5, 0.6) is 0 Å². The summed E-state index contributed by atoms with van der Waals surface area (Å²) in [4.78, 5) is 14.2. The van der Waals surface area contributed by atoms with Crippen LogP contribution in [0.3, 0.4) is 0 Å². The maximum atomic E-state index is 13.5. The number of aromatic amines is 1. The van der Waals surface area contributed by atoms with E-state index >= 15 is 0 Å². The summed E-state index contributed by atoms with van der Waals surface area (Å²) >= 11 is 0. The second-order valence-electron chi connectivity index (χ2n) is 5.82. The monoisotopic (exact) mass is 320 g/mol. The molecule has 1 aromatic carbocycles. The largest absolute Gasteiger partial charge is 0.351 e. The standard InChI is InChI=1S/C16H18F2N4O/c1-22-7-5-14(20-15(23)9-11-4-6-19-21-11)16(22)10-2-3-12(17)13(18)8-10/h2-4,6,8,14,16H,5,7,9H2,1H3,(H,19,21)(H,20,23)/t14-,16+/m1/s1. The molecule has 0 unspecified atom stereocenters. The Morgan fingerprint density at radius 1 is 1.39 bits per heavy atom. The summed E-state index contributed by atoms with van der Waals surface area (Å²) < 4.78 is 26.6. The molecule has 0 saturated carbocycles. The molecule has 23 heavy (non-hydrogen) atoms. The van der Waals surface area contributed by atoms with Crippen molar-refractivity contribution in [3.63, 3.8) is 0 Å². The quantitative estimate of drug-likeness (QED) is 0.903. The van der Waals surface area contributed by atoms with Crippen molar-refractivity contribution >= 4 is 5.91 Å². The Kier molecular flexibility index (Phi) is 4.38. The average Bonchev–Trinajstić information content (AvgIpc) is 3.12. The average molecular weight is 320 g/mol. The first-order chi connectivity index (χ1) is 11.0. The molecule has 0 spiro atoms. The zero-order valence-corrected chi connectivity index (χ0v) is 12.7. The Bertz CT molecular complexity index is 689. The molecule has 0 bridgehead atoms. The number of hydrogen-bond donors (Lipinski definition) is 2. The van der Waals surface area contributed by atoms with Gasteiger partial charge in [-0.2, -0.15) is 5.10 Å². The highest BCUT2D eigenvalue weighted by Crippen LogP contribution is 2.31. The van der Waals surface area contributed by atoms with Crippen LogP contribution in [0.1, 0.15) is 23.7 Å². The fourth-order valence-corrected chi connectivity index (χ4v) is 3.10. The first kappa shape index (κ1) is 15.6. The number of nitrogens with zero attached hydrogens (tertiary/aromatic N) is 2. The van der Waals surface area contributed by atoms with E-state index in [-0.39, 0.29) is 24.4 Å². The van der Waals surface area contributed by atoms with Gasteiger partial charge in [0.15, 0.2) is 11.6 Å². The molecule has 0 aliphatic carbocycles. The summed E-state index contributed by atoms with van der Waals surface area (Å²) in [6, 6.07) is 5.33. The van der Waals surface area contributed by atoms with Gasteiger partial charge in [0.1, 0.15) is 0 Å². The highest BCUT2D eigenvalue weighted by molar-refractivity contribution is 5.78. The maximum Gasteiger partial charge on any atom is 0.226 e. The van der Waals surface area contributed by atoms with E-state index < -0.39 is 11.6 Å². The molecule has 2 N–H and O–H groups in total. The fourth-order valence-electron chi connectivity index (χ4n) is 3.10. The minimum absolute atomic E-state index is 0.123. The molecular weight excluding hydrogens is 302 g/mol. The molecule has 0 radical (unpaired) electrons. The van der Waals surface area contributed by atoms with Gasteiger partial charge in [-0.25, -0.2) is 8.78 Å². The van der Waals surface area contributed by atoms with E-state index in [4.69, 9.17) is 0 Å². The van der Waals surface area contributed by atoms with Crippen molar-refractivity contribution in [2.45, 2.75) is 24.9 Å². The topological polar surface area (TPSA) is 61.0 Å². The van der Waals surface area contributed by atoms with E-state index in [0.717, 1.165) is 24.7 Å². The van der Waals surface area contributed by atoms with Gasteiger partial charge >= 0.3 is 0 Å². The van der Waals surface area contributed by atoms with Crippen molar-refractivity contribution in [3.05, 3.63) is 53.4 Å². The number of H-pyrrole nitrogens is 1. The van der Waals surface area contributed by atoms with Crippen molar-refractivity contribution in [1.29, 1.82) is 0 Å². The molecule has 1 aromatic heterocycles. The molecule has 5 nitrogen and oxygen atoms in total. The fraction of sp³-hybridized carbons (Fsp3) is 0.375. The van der Waals surface area contributed by atoms with E-state index in [1.165, 1.54) is 6.07 Å². The summed E-state index contributed by atoms with van der Waals surface area (Å²) in [5.74, 6) is -1.86. The molecular formula is C16H18F2N4O. The second-order valence-corrected chi connectivity index (χ2v) is 5.82. The molecule has 122 valence electrons. The van der Waals surface area contributed by atoms with Gasteiger partial charge in [-0.3, -0.25) is 14.8 Å². The molecule has 1 aliphatic heterocycles. The highest BCUT2D eigenvalue weighted by atomic mass is 19.2. The van der Waals surface area contributed by atoms with Gasteiger partial charge in [0.05, 0.1) is 12.5 Å². The maximum absolute atomic E-state index is 13.5. The zero-order chi connectivity index (χ0) is 16.4. The van der Waals surface area contributed by atoms with Gasteiger partial charge in [0.2, 0.25) is 5.91 Å². The molecule has 1 saturated heterocycles. The lowest BCUT2D eigenvalue weighted by Crippen LogP contribution is -2.39. The number of rotatable bonds is 4. The number of carbonyl (C=O) groups excluding carboxylic acids is 1. The van der Waals surface area contributed by atoms with E-state index in [1.807, 2.05) is 11.9 Å². The predicted octanol–water partition coefficient (Wildman–Crippen LogP) is 1.79. The summed E-state index contributed by atoms with van der Waals surface area (Å²) in [6.07, 6.45) is 2.57. The van der Waals surface area contributed by atoms with Crippen LogP contribution in [0.15, 0.2) is 30.5 Å². The Balaban J connectivity index is 1.73. The number of amides is 1. The van der Waals surface area contributed by atoms with E-state index in [9.17, 15) is 13.6 Å². The van der Waals surface area contributed by atoms with E-state index in [1.54, 1.807) is 18.3 Å². The van der Waals surface area contributed by atoms with Gasteiger partial charge in [-0.05, 0) is 37.2 Å². The predicted molar refractivity (Wildman–Crippen MR) is 80.6 cm³/mol. The Morgan fingerprint density at radius 2 is 2.22 bits per heavy atom. The number of hydrogen-bond acceptors (Lipinski definition) is 3. The number of likely N-dealkylation sites (tertiary alicyclic amines) is 1. The van der Waals surface area contributed by atoms with E-state index in [2.05, 4.69) is 15.5 Å². The molecule has 1 fully saturated rings. The lowest BCUT2D eigenvalue weighted by molar-refractivity contribution is -0.121. The molecule has 2 aromatic rings. The van der Waals surface area contributed by atoms with Crippen LogP contribution in [0.2, 0.25) is 0 Å². The molecule has 1 amide bonds. The Morgan fingerprint density at radius 3 is 2.91 bits per heavy atom. The molecule has 1 aliphatic rings. The van der Waals surface area contributed by atoms with Crippen LogP contribution in [0.25, 0.3) is 0 Å². The number of nitrogens with one attached hydrogen (secondary N) is 2. The van der Waals surface area contributed by atoms with Crippen molar-refractivity contribution < 1.29 is 13.6 Å². The second kappa shape index (κ2) is 6.45. The molecule has 7 heteroatoms. The summed E-state index contributed by atoms with van der Waals surface area (Å²) in [5.41, 5.74) is 1.40. The third-order valence-corrected chi connectivity index (χ3v) is 4.19. The van der Waals surface area contributed by atoms with Gasteiger partial charge in [-0.15, -0.1) is 0 Å². The van der Waals surface area contributed by atoms with Crippen LogP contribution < -0.4 is 5.32 Å². The summed E-state index contributed by atoms with van der Waals surface area (Å²) in [5, 5.41) is 9.54. The molecule has 2 heterocycles. The molecule has 3 rings (SSSR count). The number of carbonyl (C=O) groups is 1. The van der Waals surface area contributed by atoms with Crippen molar-refractivity contribution in [3.8, 4) is 0 Å². The number of benzene rings is 1.